The number of rotatable bonds is 4. The summed E-state index contributed by atoms with van der Waals surface area (Å²) in [7, 11) is 0. The molecule has 0 fully saturated rings. The SMILES string of the molecule is Cc1ccc2c(c1)[C@H](CCO)O[C@H]([C@@H](C)c1cc(O)c(C)c(=O)o1)[C@@H]2C. The van der Waals surface area contributed by atoms with Crippen molar-refractivity contribution in [1.82, 2.24) is 0 Å². The summed E-state index contributed by atoms with van der Waals surface area (Å²) >= 11 is 0. The van der Waals surface area contributed by atoms with Crippen LogP contribution in [0.1, 0.15) is 66.2 Å². The second-order valence-corrected chi connectivity index (χ2v) is 7.26. The molecule has 1 aromatic heterocycles. The van der Waals surface area contributed by atoms with E-state index in [-0.39, 0.29) is 42.0 Å². The van der Waals surface area contributed by atoms with Crippen molar-refractivity contribution in [3.05, 3.63) is 62.7 Å². The average Bonchev–Trinajstić information content (AvgIpc) is 2.61. The molecular weight excluding hydrogens is 332 g/mol. The molecule has 3 rings (SSSR count). The molecule has 5 heteroatoms. The Kier molecular flexibility index (Phi) is 5.21. The zero-order valence-corrected chi connectivity index (χ0v) is 15.7. The lowest BCUT2D eigenvalue weighted by molar-refractivity contribution is -0.0621. The van der Waals surface area contributed by atoms with Gasteiger partial charge in [-0.05, 0) is 25.0 Å². The predicted octanol–water partition coefficient (Wildman–Crippen LogP) is 3.69. The van der Waals surface area contributed by atoms with Gasteiger partial charge >= 0.3 is 5.63 Å². The second kappa shape index (κ2) is 7.25. The molecule has 1 aliphatic heterocycles. The van der Waals surface area contributed by atoms with E-state index in [1.165, 1.54) is 18.6 Å². The van der Waals surface area contributed by atoms with Crippen LogP contribution in [0.2, 0.25) is 0 Å². The van der Waals surface area contributed by atoms with Crippen molar-refractivity contribution < 1.29 is 19.4 Å². The van der Waals surface area contributed by atoms with Crippen LogP contribution >= 0.6 is 0 Å². The van der Waals surface area contributed by atoms with Crippen molar-refractivity contribution in [3.63, 3.8) is 0 Å². The van der Waals surface area contributed by atoms with Gasteiger partial charge in [-0.1, -0.05) is 37.6 Å². The van der Waals surface area contributed by atoms with Gasteiger partial charge in [0.15, 0.2) is 0 Å². The number of hydrogen-bond acceptors (Lipinski definition) is 5. The smallest absolute Gasteiger partial charge is 0.342 e. The summed E-state index contributed by atoms with van der Waals surface area (Å²) in [6, 6.07) is 7.81. The van der Waals surface area contributed by atoms with Crippen molar-refractivity contribution in [2.45, 2.75) is 58.2 Å². The molecule has 0 saturated heterocycles. The Labute approximate surface area is 153 Å². The Hall–Kier alpha value is -2.11. The standard InChI is InChI=1S/C21H26O5/c1-11-5-6-15-12(2)20(25-18(7-8-22)16(15)9-11)14(4)19-10-17(23)13(3)21(24)26-19/h5-6,9-10,12,14,18,20,22-23H,7-8H2,1-4H3/t12-,14+,18+,20+/m1/s1. The van der Waals surface area contributed by atoms with Gasteiger partial charge in [-0.15, -0.1) is 0 Å². The van der Waals surface area contributed by atoms with Crippen LogP contribution in [0.5, 0.6) is 5.75 Å². The zero-order valence-electron chi connectivity index (χ0n) is 15.7. The van der Waals surface area contributed by atoms with Crippen LogP contribution in [-0.4, -0.2) is 22.9 Å². The highest BCUT2D eigenvalue weighted by atomic mass is 16.5. The lowest BCUT2D eigenvalue weighted by Gasteiger charge is -2.39. The zero-order chi connectivity index (χ0) is 19.0. The van der Waals surface area contributed by atoms with E-state index in [0.29, 0.717) is 12.2 Å². The summed E-state index contributed by atoms with van der Waals surface area (Å²) in [5.41, 5.74) is 3.14. The van der Waals surface area contributed by atoms with Gasteiger partial charge in [-0.25, -0.2) is 4.79 Å². The summed E-state index contributed by atoms with van der Waals surface area (Å²) in [6.45, 7) is 7.64. The third kappa shape index (κ3) is 3.29. The van der Waals surface area contributed by atoms with Crippen LogP contribution < -0.4 is 5.63 Å². The fourth-order valence-electron chi connectivity index (χ4n) is 3.78. The Morgan fingerprint density at radius 1 is 1.19 bits per heavy atom. The van der Waals surface area contributed by atoms with Gasteiger partial charge < -0.3 is 19.4 Å². The molecule has 4 atom stereocenters. The molecule has 0 spiro atoms. The molecule has 0 unspecified atom stereocenters. The fourth-order valence-corrected chi connectivity index (χ4v) is 3.78. The number of hydrogen-bond donors (Lipinski definition) is 2. The van der Waals surface area contributed by atoms with E-state index >= 15 is 0 Å². The lowest BCUT2D eigenvalue weighted by atomic mass is 9.79. The maximum atomic E-state index is 11.9. The topological polar surface area (TPSA) is 79.9 Å². The number of fused-ring (bicyclic) bond motifs is 1. The van der Waals surface area contributed by atoms with E-state index in [1.807, 2.05) is 13.8 Å². The fraction of sp³-hybridized carbons (Fsp3) is 0.476. The van der Waals surface area contributed by atoms with E-state index in [9.17, 15) is 15.0 Å². The minimum atomic E-state index is -0.529. The van der Waals surface area contributed by atoms with Crippen LogP contribution in [0.3, 0.4) is 0 Å². The highest BCUT2D eigenvalue weighted by Crippen LogP contribution is 2.44. The molecule has 2 N–H and O–H groups in total. The van der Waals surface area contributed by atoms with Gasteiger partial charge in [0.05, 0.1) is 17.8 Å². The van der Waals surface area contributed by atoms with Crippen molar-refractivity contribution in [1.29, 1.82) is 0 Å². The summed E-state index contributed by atoms with van der Waals surface area (Å²) in [6.07, 6.45) is 0.0755. The van der Waals surface area contributed by atoms with Gasteiger partial charge in [0.25, 0.3) is 0 Å². The van der Waals surface area contributed by atoms with Crippen molar-refractivity contribution >= 4 is 0 Å². The molecule has 1 aromatic carbocycles. The van der Waals surface area contributed by atoms with Crippen molar-refractivity contribution in [3.8, 4) is 5.75 Å². The molecule has 0 amide bonds. The molecule has 0 radical (unpaired) electrons. The second-order valence-electron chi connectivity index (χ2n) is 7.26. The number of aryl methyl sites for hydroxylation is 1. The van der Waals surface area contributed by atoms with Gasteiger partial charge in [0.2, 0.25) is 0 Å². The maximum Gasteiger partial charge on any atom is 0.342 e. The van der Waals surface area contributed by atoms with E-state index in [1.54, 1.807) is 0 Å². The quantitative estimate of drug-likeness (QED) is 0.871. The first kappa shape index (κ1) is 18.7. The molecule has 140 valence electrons. The van der Waals surface area contributed by atoms with E-state index in [4.69, 9.17) is 9.15 Å². The van der Waals surface area contributed by atoms with E-state index < -0.39 is 5.63 Å². The van der Waals surface area contributed by atoms with Gasteiger partial charge in [0.1, 0.15) is 11.5 Å². The van der Waals surface area contributed by atoms with Gasteiger partial charge in [0, 0.05) is 30.9 Å². The van der Waals surface area contributed by atoms with Crippen LogP contribution in [-0.2, 0) is 4.74 Å². The molecule has 26 heavy (non-hydrogen) atoms. The molecule has 0 aliphatic carbocycles. The minimum absolute atomic E-state index is 0.0356. The Morgan fingerprint density at radius 3 is 2.58 bits per heavy atom. The lowest BCUT2D eigenvalue weighted by Crippen LogP contribution is -2.34. The predicted molar refractivity (Wildman–Crippen MR) is 98.7 cm³/mol. The largest absolute Gasteiger partial charge is 0.507 e. The summed E-state index contributed by atoms with van der Waals surface area (Å²) in [5.74, 6) is 0.215. The molecular formula is C21H26O5. The molecule has 0 bridgehead atoms. The van der Waals surface area contributed by atoms with Crippen LogP contribution in [0.4, 0.5) is 0 Å². The van der Waals surface area contributed by atoms with Gasteiger partial charge in [-0.3, -0.25) is 0 Å². The van der Waals surface area contributed by atoms with E-state index in [2.05, 4.69) is 25.1 Å². The van der Waals surface area contributed by atoms with Gasteiger partial charge in [-0.2, -0.15) is 0 Å². The number of aliphatic hydroxyl groups excluding tert-OH is 1. The molecule has 0 saturated carbocycles. The first-order chi connectivity index (χ1) is 12.3. The third-order valence-electron chi connectivity index (χ3n) is 5.41. The van der Waals surface area contributed by atoms with Crippen LogP contribution in [0.15, 0.2) is 33.5 Å². The van der Waals surface area contributed by atoms with Crippen LogP contribution in [0.25, 0.3) is 0 Å². The molecule has 2 heterocycles. The minimum Gasteiger partial charge on any atom is -0.507 e. The van der Waals surface area contributed by atoms with Crippen molar-refractivity contribution in [2.75, 3.05) is 6.61 Å². The number of aliphatic hydroxyl groups is 1. The third-order valence-corrected chi connectivity index (χ3v) is 5.41. The molecule has 5 nitrogen and oxygen atoms in total. The first-order valence-corrected chi connectivity index (χ1v) is 9.03. The Balaban J connectivity index is 2.00. The van der Waals surface area contributed by atoms with Crippen LogP contribution in [0, 0.1) is 13.8 Å². The highest BCUT2D eigenvalue weighted by molar-refractivity contribution is 5.39. The average molecular weight is 358 g/mol. The first-order valence-electron chi connectivity index (χ1n) is 9.03. The Morgan fingerprint density at radius 2 is 1.92 bits per heavy atom. The number of benzene rings is 1. The summed E-state index contributed by atoms with van der Waals surface area (Å²) in [5, 5.41) is 19.4. The monoisotopic (exact) mass is 358 g/mol. The normalized spacial score (nSPS) is 23.5. The molecule has 2 aromatic rings. The number of ether oxygens (including phenoxy) is 1. The summed E-state index contributed by atoms with van der Waals surface area (Å²) in [4.78, 5) is 11.9. The Bertz CT molecular complexity index is 854. The van der Waals surface area contributed by atoms with E-state index in [0.717, 1.165) is 11.1 Å². The highest BCUT2D eigenvalue weighted by Gasteiger charge is 2.37. The van der Waals surface area contributed by atoms with Crippen molar-refractivity contribution in [2.24, 2.45) is 0 Å². The number of aromatic hydroxyl groups is 1. The maximum absolute atomic E-state index is 11.9. The molecule has 1 aliphatic rings. The summed E-state index contributed by atoms with van der Waals surface area (Å²) < 4.78 is 11.8.